The van der Waals surface area contributed by atoms with Crippen molar-refractivity contribution in [2.75, 3.05) is 26.4 Å². The number of aliphatic hydroxyl groups is 1. The molecule has 40 heavy (non-hydrogen) atoms. The van der Waals surface area contributed by atoms with Gasteiger partial charge in [-0.1, -0.05) is 88.8 Å². The smallest absolute Gasteiger partial charge is 0.463 e. The van der Waals surface area contributed by atoms with Gasteiger partial charge in [0, 0.05) is 19.4 Å². The molecule has 0 radical (unpaired) electrons. The molecular weight excluding hydrogens is 533 g/mol. The van der Waals surface area contributed by atoms with Crippen LogP contribution in [0.5, 0.6) is 0 Å². The summed E-state index contributed by atoms with van der Waals surface area (Å²) >= 11 is 0. The number of ether oxygens (including phenoxy) is 1. The standard InChI is InChI=1S/C30H54NO8P/c1-3-5-7-9-10-11-12-13-14-15-16-17-18-19-21-23-30(34)37-26-28(32)27-39-40(35,36)38-25-24-31-29(33)22-20-8-6-4-2/h5,7,10-11,13-14,28,32H,3-4,6,8-9,12,15-27H2,1-2H3,(H,31,33)(H,35,36)/b7-5-,11-10-,14-13-. The third kappa shape index (κ3) is 27.8. The van der Waals surface area contributed by atoms with E-state index in [-0.39, 0.29) is 32.1 Å². The zero-order valence-electron chi connectivity index (χ0n) is 24.8. The van der Waals surface area contributed by atoms with Crippen molar-refractivity contribution in [1.29, 1.82) is 0 Å². The fraction of sp³-hybridized carbons (Fsp3) is 0.733. The Balaban J connectivity index is 3.69. The second kappa shape index (κ2) is 27.4. The van der Waals surface area contributed by atoms with E-state index in [4.69, 9.17) is 13.8 Å². The van der Waals surface area contributed by atoms with Crippen molar-refractivity contribution in [3.63, 3.8) is 0 Å². The lowest BCUT2D eigenvalue weighted by Gasteiger charge is -2.15. The van der Waals surface area contributed by atoms with E-state index in [1.165, 1.54) is 0 Å². The van der Waals surface area contributed by atoms with Gasteiger partial charge in [0.25, 0.3) is 0 Å². The molecule has 2 unspecified atom stereocenters. The van der Waals surface area contributed by atoms with Crippen LogP contribution in [0.2, 0.25) is 0 Å². The Labute approximate surface area is 242 Å². The number of aliphatic hydroxyl groups excluding tert-OH is 1. The molecular formula is C30H54NO8P. The first kappa shape index (κ1) is 38.2. The number of allylic oxidation sites excluding steroid dienone is 6. The molecule has 10 heteroatoms. The van der Waals surface area contributed by atoms with E-state index < -0.39 is 26.5 Å². The van der Waals surface area contributed by atoms with Crippen LogP contribution in [0.4, 0.5) is 0 Å². The van der Waals surface area contributed by atoms with Crippen LogP contribution in [-0.2, 0) is 27.9 Å². The summed E-state index contributed by atoms with van der Waals surface area (Å²) in [7, 11) is -4.39. The highest BCUT2D eigenvalue weighted by atomic mass is 31.2. The Kier molecular flexibility index (Phi) is 26.2. The molecule has 0 aliphatic heterocycles. The minimum absolute atomic E-state index is 0.0766. The Hall–Kier alpha value is -1.77. The van der Waals surface area contributed by atoms with E-state index in [1.807, 2.05) is 0 Å². The van der Waals surface area contributed by atoms with E-state index in [2.05, 4.69) is 55.6 Å². The summed E-state index contributed by atoms with van der Waals surface area (Å²) in [5.74, 6) is -0.557. The molecule has 232 valence electrons. The maximum absolute atomic E-state index is 11.9. The van der Waals surface area contributed by atoms with Crippen molar-refractivity contribution in [2.45, 2.75) is 116 Å². The molecule has 0 fully saturated rings. The molecule has 3 N–H and O–H groups in total. The van der Waals surface area contributed by atoms with Gasteiger partial charge in [-0.25, -0.2) is 4.57 Å². The molecule has 0 aromatic heterocycles. The zero-order valence-corrected chi connectivity index (χ0v) is 25.7. The minimum atomic E-state index is -4.39. The van der Waals surface area contributed by atoms with Crippen LogP contribution in [0.3, 0.4) is 0 Å². The maximum Gasteiger partial charge on any atom is 0.472 e. The second-order valence-corrected chi connectivity index (χ2v) is 11.1. The summed E-state index contributed by atoms with van der Waals surface area (Å²) in [4.78, 5) is 33.2. The fourth-order valence-corrected chi connectivity index (χ4v) is 4.32. The fourth-order valence-electron chi connectivity index (χ4n) is 3.57. The van der Waals surface area contributed by atoms with Gasteiger partial charge in [-0.2, -0.15) is 0 Å². The maximum atomic E-state index is 11.9. The molecule has 0 rings (SSSR count). The summed E-state index contributed by atoms with van der Waals surface area (Å²) in [5, 5.41) is 12.5. The third-order valence-electron chi connectivity index (χ3n) is 5.83. The van der Waals surface area contributed by atoms with Gasteiger partial charge in [-0.15, -0.1) is 0 Å². The van der Waals surface area contributed by atoms with Crippen molar-refractivity contribution < 1.29 is 37.9 Å². The van der Waals surface area contributed by atoms with Crippen molar-refractivity contribution >= 4 is 19.7 Å². The first-order chi connectivity index (χ1) is 19.3. The van der Waals surface area contributed by atoms with E-state index in [9.17, 15) is 24.2 Å². The molecule has 1 amide bonds. The number of carbonyl (C=O) groups is 2. The molecule has 0 saturated heterocycles. The van der Waals surface area contributed by atoms with Gasteiger partial charge in [0.15, 0.2) is 0 Å². The molecule has 0 aliphatic rings. The Bertz CT molecular complexity index is 769. The van der Waals surface area contributed by atoms with Crippen LogP contribution in [0, 0.1) is 0 Å². The van der Waals surface area contributed by atoms with Crippen LogP contribution in [0.1, 0.15) is 110 Å². The molecule has 0 aliphatic carbocycles. The molecule has 2 atom stereocenters. The van der Waals surface area contributed by atoms with Crippen LogP contribution in [0.25, 0.3) is 0 Å². The second-order valence-electron chi connectivity index (χ2n) is 9.70. The Morgan fingerprint density at radius 1 is 0.800 bits per heavy atom. The van der Waals surface area contributed by atoms with Crippen LogP contribution in [-0.4, -0.2) is 54.3 Å². The predicted octanol–water partition coefficient (Wildman–Crippen LogP) is 6.70. The molecule has 0 aromatic rings. The number of hydrogen-bond donors (Lipinski definition) is 3. The highest BCUT2D eigenvalue weighted by Crippen LogP contribution is 2.42. The first-order valence-electron chi connectivity index (χ1n) is 15.0. The van der Waals surface area contributed by atoms with Gasteiger partial charge in [0.2, 0.25) is 5.91 Å². The number of hydrogen-bond acceptors (Lipinski definition) is 7. The van der Waals surface area contributed by atoms with Gasteiger partial charge in [-0.05, 0) is 44.9 Å². The number of phosphoric ester groups is 1. The highest BCUT2D eigenvalue weighted by Gasteiger charge is 2.23. The highest BCUT2D eigenvalue weighted by molar-refractivity contribution is 7.47. The van der Waals surface area contributed by atoms with Gasteiger partial charge in [-0.3, -0.25) is 18.6 Å². The average Bonchev–Trinajstić information content (AvgIpc) is 2.93. The first-order valence-corrected chi connectivity index (χ1v) is 16.5. The quantitative estimate of drug-likeness (QED) is 0.0419. The number of unbranched alkanes of at least 4 members (excludes halogenated alkanes) is 8. The summed E-state index contributed by atoms with van der Waals surface area (Å²) in [5.41, 5.74) is 0. The summed E-state index contributed by atoms with van der Waals surface area (Å²) < 4.78 is 26.4. The largest absolute Gasteiger partial charge is 0.472 e. The number of amides is 1. The van der Waals surface area contributed by atoms with E-state index in [0.29, 0.717) is 12.8 Å². The predicted molar refractivity (Wildman–Crippen MR) is 160 cm³/mol. The number of nitrogens with one attached hydrogen (secondary N) is 1. The van der Waals surface area contributed by atoms with Crippen LogP contribution in [0.15, 0.2) is 36.5 Å². The van der Waals surface area contributed by atoms with Crippen molar-refractivity contribution in [3.05, 3.63) is 36.5 Å². The molecule has 0 bridgehead atoms. The Morgan fingerprint density at radius 3 is 2.15 bits per heavy atom. The van der Waals surface area contributed by atoms with Gasteiger partial charge in [0.05, 0.1) is 13.2 Å². The topological polar surface area (TPSA) is 131 Å². The third-order valence-corrected chi connectivity index (χ3v) is 6.82. The Morgan fingerprint density at radius 2 is 1.43 bits per heavy atom. The van der Waals surface area contributed by atoms with E-state index in [1.54, 1.807) is 0 Å². The van der Waals surface area contributed by atoms with E-state index in [0.717, 1.165) is 77.0 Å². The number of phosphoric acid groups is 1. The van der Waals surface area contributed by atoms with Crippen molar-refractivity contribution in [1.82, 2.24) is 5.32 Å². The molecule has 0 saturated carbocycles. The number of rotatable bonds is 27. The zero-order chi connectivity index (χ0) is 29.7. The van der Waals surface area contributed by atoms with Crippen molar-refractivity contribution in [2.24, 2.45) is 0 Å². The minimum Gasteiger partial charge on any atom is -0.463 e. The van der Waals surface area contributed by atoms with Crippen LogP contribution >= 0.6 is 7.82 Å². The monoisotopic (exact) mass is 587 g/mol. The SMILES string of the molecule is CC/C=C\C/C=C\C/C=C\CCCCCCCC(=O)OCC(O)COP(=O)(O)OCCNC(=O)CCCCCC. The lowest BCUT2D eigenvalue weighted by Crippen LogP contribution is -2.27. The molecule has 9 nitrogen and oxygen atoms in total. The average molecular weight is 588 g/mol. The molecule has 0 aromatic carbocycles. The van der Waals surface area contributed by atoms with Gasteiger partial charge >= 0.3 is 13.8 Å². The van der Waals surface area contributed by atoms with Crippen molar-refractivity contribution in [3.8, 4) is 0 Å². The van der Waals surface area contributed by atoms with E-state index >= 15 is 0 Å². The number of carbonyl (C=O) groups excluding carboxylic acids is 2. The van der Waals surface area contributed by atoms with Crippen LogP contribution < -0.4 is 5.32 Å². The number of esters is 1. The summed E-state index contributed by atoms with van der Waals surface area (Å²) in [6, 6.07) is 0. The normalized spacial score (nSPS) is 14.2. The lowest BCUT2D eigenvalue weighted by atomic mass is 10.1. The summed E-state index contributed by atoms with van der Waals surface area (Å²) in [6.07, 6.45) is 25.6. The molecule has 0 spiro atoms. The van der Waals surface area contributed by atoms with Gasteiger partial charge in [0.1, 0.15) is 12.7 Å². The van der Waals surface area contributed by atoms with Gasteiger partial charge < -0.3 is 20.1 Å². The summed E-state index contributed by atoms with van der Waals surface area (Å²) in [6.45, 7) is 3.25. The lowest BCUT2D eigenvalue weighted by molar-refractivity contribution is -0.147. The molecule has 0 heterocycles.